The van der Waals surface area contributed by atoms with E-state index in [-0.39, 0.29) is 12.8 Å². The van der Waals surface area contributed by atoms with Gasteiger partial charge in [0.05, 0.1) is 18.8 Å². The van der Waals surface area contributed by atoms with Crippen LogP contribution in [0.3, 0.4) is 0 Å². The van der Waals surface area contributed by atoms with E-state index in [1.807, 2.05) is 0 Å². The summed E-state index contributed by atoms with van der Waals surface area (Å²) in [6.45, 7) is -0.554. The van der Waals surface area contributed by atoms with Crippen molar-refractivity contribution >= 4 is 5.91 Å². The maximum absolute atomic E-state index is 12.2. The highest BCUT2D eigenvalue weighted by Gasteiger charge is 2.58. The Labute approximate surface area is 106 Å². The predicted octanol–water partition coefficient (Wildman–Crippen LogP) is -1.32. The van der Waals surface area contributed by atoms with Crippen molar-refractivity contribution in [3.63, 3.8) is 0 Å². The topological polar surface area (TPSA) is 99.0 Å². The molecule has 2 aliphatic rings. The number of ether oxygens (including phenoxy) is 1. The van der Waals surface area contributed by atoms with E-state index in [1.165, 1.54) is 0 Å². The molecule has 0 unspecified atom stereocenters. The highest BCUT2D eigenvalue weighted by atomic mass is 19.4. The van der Waals surface area contributed by atoms with E-state index in [2.05, 4.69) is 0 Å². The molecule has 2 aliphatic heterocycles. The zero-order valence-electron chi connectivity index (χ0n) is 9.72. The van der Waals surface area contributed by atoms with Gasteiger partial charge in [-0.25, -0.2) is 0 Å². The molecule has 1 amide bonds. The van der Waals surface area contributed by atoms with Gasteiger partial charge in [0, 0.05) is 0 Å². The van der Waals surface area contributed by atoms with Gasteiger partial charge in [0.15, 0.2) is 0 Å². The number of carbonyl (C=O) groups is 1. The molecule has 9 heteroatoms. The minimum absolute atomic E-state index is 0.199. The molecule has 110 valence electrons. The second-order valence-corrected chi connectivity index (χ2v) is 4.85. The molecule has 19 heavy (non-hydrogen) atoms. The molecule has 2 bridgehead atoms. The Morgan fingerprint density at radius 3 is 2.58 bits per heavy atom. The smallest absolute Gasteiger partial charge is 0.393 e. The number of halogens is 3. The van der Waals surface area contributed by atoms with Crippen molar-refractivity contribution in [2.45, 2.75) is 49.0 Å². The molecular formula is C10H14F3NO5. The van der Waals surface area contributed by atoms with Crippen LogP contribution in [0.4, 0.5) is 13.2 Å². The van der Waals surface area contributed by atoms with Crippen LogP contribution in [0, 0.1) is 0 Å². The molecule has 6 nitrogen and oxygen atoms in total. The maximum atomic E-state index is 12.2. The lowest BCUT2D eigenvalue weighted by Gasteiger charge is -2.44. The fourth-order valence-corrected chi connectivity index (χ4v) is 2.63. The van der Waals surface area contributed by atoms with Crippen molar-refractivity contribution in [1.29, 1.82) is 0 Å². The van der Waals surface area contributed by atoms with Gasteiger partial charge in [0.2, 0.25) is 0 Å². The van der Waals surface area contributed by atoms with Crippen LogP contribution < -0.4 is 5.32 Å². The number of hydrogen-bond donors (Lipinski definition) is 4. The number of amides is 1. The van der Waals surface area contributed by atoms with E-state index in [9.17, 15) is 33.3 Å². The Hall–Kier alpha value is -0.900. The van der Waals surface area contributed by atoms with Gasteiger partial charge in [-0.05, 0) is 12.8 Å². The van der Waals surface area contributed by atoms with E-state index in [1.54, 1.807) is 5.32 Å². The van der Waals surface area contributed by atoms with Crippen LogP contribution in [0.1, 0.15) is 12.8 Å². The van der Waals surface area contributed by atoms with E-state index in [0.29, 0.717) is 0 Å². The zero-order valence-corrected chi connectivity index (χ0v) is 9.72. The van der Waals surface area contributed by atoms with Gasteiger partial charge < -0.3 is 25.4 Å². The Kier molecular flexibility index (Phi) is 3.50. The molecule has 2 saturated heterocycles. The van der Waals surface area contributed by atoms with Crippen LogP contribution in [0.15, 0.2) is 0 Å². The monoisotopic (exact) mass is 285 g/mol. The lowest BCUT2D eigenvalue weighted by atomic mass is 9.88. The lowest BCUT2D eigenvalue weighted by Crippen LogP contribution is -2.66. The average molecular weight is 285 g/mol. The first-order chi connectivity index (χ1) is 8.71. The van der Waals surface area contributed by atoms with E-state index < -0.39 is 48.6 Å². The summed E-state index contributed by atoms with van der Waals surface area (Å²) >= 11 is 0. The van der Waals surface area contributed by atoms with Crippen LogP contribution in [-0.2, 0) is 9.53 Å². The molecule has 0 aromatic carbocycles. The number of rotatable bonds is 2. The van der Waals surface area contributed by atoms with Crippen LogP contribution in [0.5, 0.6) is 0 Å². The number of carbonyl (C=O) groups excluding carboxylic acids is 1. The molecule has 2 heterocycles. The quantitative estimate of drug-likeness (QED) is 0.504. The number of hydrogen-bond acceptors (Lipinski definition) is 5. The second kappa shape index (κ2) is 4.58. The van der Waals surface area contributed by atoms with Crippen molar-refractivity contribution in [3.05, 3.63) is 0 Å². The number of nitrogens with one attached hydrogen (secondary N) is 1. The average Bonchev–Trinajstić information content (AvgIpc) is 2.74. The molecule has 0 aromatic heterocycles. The fourth-order valence-electron chi connectivity index (χ4n) is 2.63. The predicted molar refractivity (Wildman–Crippen MR) is 53.9 cm³/mol. The zero-order chi connectivity index (χ0) is 14.4. The molecule has 0 aliphatic carbocycles. The largest absolute Gasteiger partial charge is 0.471 e. The van der Waals surface area contributed by atoms with Gasteiger partial charge in [-0.1, -0.05) is 0 Å². The number of fused-ring (bicyclic) bond motifs is 2. The summed E-state index contributed by atoms with van der Waals surface area (Å²) in [4.78, 5) is 10.9. The van der Waals surface area contributed by atoms with Gasteiger partial charge in [0.1, 0.15) is 17.8 Å². The summed E-state index contributed by atoms with van der Waals surface area (Å²) in [5.74, 6) is -2.20. The molecule has 2 fully saturated rings. The maximum Gasteiger partial charge on any atom is 0.471 e. The van der Waals surface area contributed by atoms with Crippen LogP contribution in [0.2, 0.25) is 0 Å². The molecule has 4 N–H and O–H groups in total. The third-order valence-electron chi connectivity index (χ3n) is 3.69. The van der Waals surface area contributed by atoms with Crippen molar-refractivity contribution in [1.82, 2.24) is 5.32 Å². The van der Waals surface area contributed by atoms with Gasteiger partial charge in [0.25, 0.3) is 0 Å². The molecule has 2 rings (SSSR count). The Balaban J connectivity index is 2.14. The summed E-state index contributed by atoms with van der Waals surface area (Å²) in [5, 5.41) is 30.5. The normalized spacial score (nSPS) is 42.2. The molecule has 0 radical (unpaired) electrons. The molecular weight excluding hydrogens is 271 g/mol. The van der Waals surface area contributed by atoms with Crippen molar-refractivity contribution < 1.29 is 38.0 Å². The number of alkyl halides is 3. The van der Waals surface area contributed by atoms with Crippen LogP contribution in [0.25, 0.3) is 0 Å². The SMILES string of the molecule is O=C(N[C@@H]1[C@@H](O)[C@@H](O)[C@]2(CO)CC[C@H]1O2)C(F)(F)F. The Morgan fingerprint density at radius 1 is 1.42 bits per heavy atom. The van der Waals surface area contributed by atoms with Gasteiger partial charge >= 0.3 is 12.1 Å². The lowest BCUT2D eigenvalue weighted by molar-refractivity contribution is -0.223. The number of aliphatic hydroxyl groups excluding tert-OH is 3. The van der Waals surface area contributed by atoms with Gasteiger partial charge in [-0.2, -0.15) is 13.2 Å². The second-order valence-electron chi connectivity index (χ2n) is 4.85. The highest BCUT2D eigenvalue weighted by Crippen LogP contribution is 2.41. The summed E-state index contributed by atoms with van der Waals surface area (Å²) in [5.41, 5.74) is -1.36. The van der Waals surface area contributed by atoms with Crippen molar-refractivity contribution in [2.75, 3.05) is 6.61 Å². The van der Waals surface area contributed by atoms with E-state index in [0.717, 1.165) is 0 Å². The Bertz CT molecular complexity index is 377. The van der Waals surface area contributed by atoms with E-state index >= 15 is 0 Å². The Morgan fingerprint density at radius 2 is 2.05 bits per heavy atom. The van der Waals surface area contributed by atoms with Crippen LogP contribution >= 0.6 is 0 Å². The fraction of sp³-hybridized carbons (Fsp3) is 0.900. The summed E-state index contributed by atoms with van der Waals surface area (Å²) < 4.78 is 41.8. The standard InChI is InChI=1S/C10H14F3NO5/c11-10(12,13)8(18)14-5-4-1-2-9(3-15,19-4)7(17)6(5)16/h4-7,15-17H,1-3H2,(H,14,18)/t4-,5+,6-,7-,9-/m1/s1. The molecule has 0 aromatic rings. The summed E-state index contributed by atoms with van der Waals surface area (Å²) in [7, 11) is 0. The first-order valence-electron chi connectivity index (χ1n) is 5.74. The first kappa shape index (κ1) is 14.5. The third kappa shape index (κ3) is 2.31. The minimum atomic E-state index is -5.07. The molecule has 0 saturated carbocycles. The third-order valence-corrected chi connectivity index (χ3v) is 3.69. The van der Waals surface area contributed by atoms with Crippen LogP contribution in [-0.4, -0.2) is 64.0 Å². The summed E-state index contributed by atoms with van der Waals surface area (Å²) in [6, 6.07) is -1.36. The van der Waals surface area contributed by atoms with Crippen molar-refractivity contribution in [2.24, 2.45) is 0 Å². The van der Waals surface area contributed by atoms with Gasteiger partial charge in [-0.3, -0.25) is 4.79 Å². The summed E-state index contributed by atoms with van der Waals surface area (Å²) in [6.07, 6.45) is -8.69. The van der Waals surface area contributed by atoms with Gasteiger partial charge in [-0.15, -0.1) is 0 Å². The minimum Gasteiger partial charge on any atom is -0.393 e. The highest BCUT2D eigenvalue weighted by molar-refractivity contribution is 5.82. The number of aliphatic hydroxyl groups is 3. The van der Waals surface area contributed by atoms with E-state index in [4.69, 9.17) is 4.74 Å². The molecule has 5 atom stereocenters. The first-order valence-corrected chi connectivity index (χ1v) is 5.74. The molecule has 0 spiro atoms. The van der Waals surface area contributed by atoms with Crippen molar-refractivity contribution in [3.8, 4) is 0 Å².